The van der Waals surface area contributed by atoms with Crippen LogP contribution in [0.25, 0.3) is 0 Å². The number of likely N-dealkylation sites (tertiary alicyclic amines) is 1. The van der Waals surface area contributed by atoms with Gasteiger partial charge in [0.15, 0.2) is 0 Å². The summed E-state index contributed by atoms with van der Waals surface area (Å²) in [7, 11) is 3.33. The number of nitrogens with one attached hydrogen (secondary N) is 1. The van der Waals surface area contributed by atoms with E-state index in [1.165, 1.54) is 4.90 Å². The third kappa shape index (κ3) is 4.39. The van der Waals surface area contributed by atoms with Crippen molar-refractivity contribution in [2.45, 2.75) is 20.3 Å². The fourth-order valence-corrected chi connectivity index (χ4v) is 2.71. The van der Waals surface area contributed by atoms with E-state index in [1.54, 1.807) is 20.2 Å². The Morgan fingerprint density at radius 1 is 1.38 bits per heavy atom. The SMILES string of the molecule is Cc1ccc(NC(=O)N(C)C)c(C(=O)N2CCC(C)(CN)C2)c1.Cl. The molecule has 0 saturated carbocycles. The predicted molar refractivity (Wildman–Crippen MR) is 98.8 cm³/mol. The topological polar surface area (TPSA) is 78.7 Å². The van der Waals surface area contributed by atoms with Gasteiger partial charge in [0.2, 0.25) is 0 Å². The maximum absolute atomic E-state index is 12.9. The smallest absolute Gasteiger partial charge is 0.321 e. The summed E-state index contributed by atoms with van der Waals surface area (Å²) in [4.78, 5) is 28.1. The molecule has 24 heavy (non-hydrogen) atoms. The number of hydrogen-bond acceptors (Lipinski definition) is 3. The van der Waals surface area contributed by atoms with E-state index in [2.05, 4.69) is 12.2 Å². The highest BCUT2D eigenvalue weighted by Gasteiger charge is 2.35. The van der Waals surface area contributed by atoms with Crippen molar-refractivity contribution in [3.8, 4) is 0 Å². The third-order valence-electron chi connectivity index (χ3n) is 4.39. The Morgan fingerprint density at radius 2 is 2.04 bits per heavy atom. The van der Waals surface area contributed by atoms with Gasteiger partial charge in [0.05, 0.1) is 11.3 Å². The molecule has 1 fully saturated rings. The number of nitrogens with zero attached hydrogens (tertiary/aromatic N) is 2. The molecule has 1 aromatic carbocycles. The van der Waals surface area contributed by atoms with Gasteiger partial charge in [0.1, 0.15) is 0 Å². The Hall–Kier alpha value is -1.79. The van der Waals surface area contributed by atoms with E-state index >= 15 is 0 Å². The van der Waals surface area contributed by atoms with E-state index in [-0.39, 0.29) is 29.8 Å². The van der Waals surface area contributed by atoms with Gasteiger partial charge in [-0.05, 0) is 37.4 Å². The lowest BCUT2D eigenvalue weighted by Gasteiger charge is -2.23. The molecule has 1 unspecified atom stereocenters. The van der Waals surface area contributed by atoms with Crippen molar-refractivity contribution < 1.29 is 9.59 Å². The first kappa shape index (κ1) is 20.3. The molecule has 1 saturated heterocycles. The normalized spacial score (nSPS) is 19.6. The van der Waals surface area contributed by atoms with Crippen LogP contribution in [0.4, 0.5) is 10.5 Å². The first-order chi connectivity index (χ1) is 10.8. The van der Waals surface area contributed by atoms with Gasteiger partial charge < -0.3 is 20.9 Å². The molecule has 3 amide bonds. The van der Waals surface area contributed by atoms with Crippen molar-refractivity contribution in [1.29, 1.82) is 0 Å². The minimum Gasteiger partial charge on any atom is -0.338 e. The van der Waals surface area contributed by atoms with Gasteiger partial charge >= 0.3 is 6.03 Å². The van der Waals surface area contributed by atoms with Crippen LogP contribution in [-0.2, 0) is 0 Å². The first-order valence-corrected chi connectivity index (χ1v) is 7.84. The average molecular weight is 355 g/mol. The van der Waals surface area contributed by atoms with Gasteiger partial charge in [-0.3, -0.25) is 4.79 Å². The van der Waals surface area contributed by atoms with Gasteiger partial charge in [-0.2, -0.15) is 0 Å². The van der Waals surface area contributed by atoms with Crippen LogP contribution in [0, 0.1) is 12.3 Å². The Labute approximate surface area is 149 Å². The minimum atomic E-state index is -0.254. The van der Waals surface area contributed by atoms with Crippen LogP contribution in [0.5, 0.6) is 0 Å². The summed E-state index contributed by atoms with van der Waals surface area (Å²) in [6.07, 6.45) is 0.903. The summed E-state index contributed by atoms with van der Waals surface area (Å²) in [6.45, 7) is 5.95. The van der Waals surface area contributed by atoms with Crippen molar-refractivity contribution >= 4 is 30.0 Å². The van der Waals surface area contributed by atoms with Crippen LogP contribution in [0.2, 0.25) is 0 Å². The van der Waals surface area contributed by atoms with E-state index in [4.69, 9.17) is 5.73 Å². The lowest BCUT2D eigenvalue weighted by molar-refractivity contribution is 0.0778. The van der Waals surface area contributed by atoms with E-state index in [9.17, 15) is 9.59 Å². The number of rotatable bonds is 3. The minimum absolute atomic E-state index is 0. The number of urea groups is 1. The largest absolute Gasteiger partial charge is 0.338 e. The molecule has 1 aromatic rings. The molecule has 0 radical (unpaired) electrons. The molecule has 1 aliphatic heterocycles. The van der Waals surface area contributed by atoms with Crippen LogP contribution >= 0.6 is 12.4 Å². The molecular weight excluding hydrogens is 328 g/mol. The highest BCUT2D eigenvalue weighted by atomic mass is 35.5. The Kier molecular flexibility index (Phi) is 6.63. The number of aryl methyl sites for hydroxylation is 1. The zero-order valence-electron chi connectivity index (χ0n) is 14.8. The first-order valence-electron chi connectivity index (χ1n) is 7.84. The average Bonchev–Trinajstić information content (AvgIpc) is 2.91. The molecule has 1 aliphatic rings. The Morgan fingerprint density at radius 3 is 2.58 bits per heavy atom. The number of benzene rings is 1. The second kappa shape index (κ2) is 7.85. The molecular formula is C17H27ClN4O2. The second-order valence-corrected chi connectivity index (χ2v) is 6.87. The number of halogens is 1. The van der Waals surface area contributed by atoms with Gasteiger partial charge in [0, 0.05) is 27.2 Å². The fourth-order valence-electron chi connectivity index (χ4n) is 2.71. The van der Waals surface area contributed by atoms with Crippen molar-refractivity contribution in [2.24, 2.45) is 11.1 Å². The van der Waals surface area contributed by atoms with Gasteiger partial charge in [-0.1, -0.05) is 18.6 Å². The molecule has 0 bridgehead atoms. The van der Waals surface area contributed by atoms with Crippen LogP contribution < -0.4 is 11.1 Å². The highest BCUT2D eigenvalue weighted by Crippen LogP contribution is 2.31. The van der Waals surface area contributed by atoms with E-state index < -0.39 is 0 Å². The summed E-state index contributed by atoms with van der Waals surface area (Å²) >= 11 is 0. The van der Waals surface area contributed by atoms with Crippen LogP contribution in [-0.4, -0.2) is 55.5 Å². The number of hydrogen-bond donors (Lipinski definition) is 2. The number of carbonyl (C=O) groups is 2. The zero-order valence-corrected chi connectivity index (χ0v) is 15.6. The van der Waals surface area contributed by atoms with Gasteiger partial charge in [-0.15, -0.1) is 12.4 Å². The van der Waals surface area contributed by atoms with E-state index in [1.807, 2.05) is 24.0 Å². The predicted octanol–water partition coefficient (Wildman–Crippen LogP) is 2.32. The molecule has 134 valence electrons. The standard InChI is InChI=1S/C17H26N4O2.ClH/c1-12-5-6-14(19-16(23)20(3)4)13(9-12)15(22)21-8-7-17(2,10-18)11-21;/h5-6,9H,7-8,10-11,18H2,1-4H3,(H,19,23);1H. The summed E-state index contributed by atoms with van der Waals surface area (Å²) in [5.74, 6) is -0.0556. The van der Waals surface area contributed by atoms with Crippen molar-refractivity contribution in [3.63, 3.8) is 0 Å². The Bertz CT molecular complexity index is 621. The van der Waals surface area contributed by atoms with Crippen LogP contribution in [0.15, 0.2) is 18.2 Å². The lowest BCUT2D eigenvalue weighted by Crippen LogP contribution is -2.35. The molecule has 6 nitrogen and oxygen atoms in total. The summed E-state index contributed by atoms with van der Waals surface area (Å²) in [5.41, 5.74) is 7.86. The molecule has 1 atom stereocenters. The van der Waals surface area contributed by atoms with E-state index in [0.717, 1.165) is 12.0 Å². The second-order valence-electron chi connectivity index (χ2n) is 6.87. The maximum Gasteiger partial charge on any atom is 0.321 e. The molecule has 0 aliphatic carbocycles. The highest BCUT2D eigenvalue weighted by molar-refractivity contribution is 6.03. The maximum atomic E-state index is 12.9. The number of anilines is 1. The lowest BCUT2D eigenvalue weighted by atomic mass is 9.90. The summed E-state index contributed by atoms with van der Waals surface area (Å²) in [5, 5.41) is 2.79. The summed E-state index contributed by atoms with van der Waals surface area (Å²) in [6, 6.07) is 5.24. The molecule has 3 N–H and O–H groups in total. The number of amides is 3. The summed E-state index contributed by atoms with van der Waals surface area (Å²) < 4.78 is 0. The van der Waals surface area contributed by atoms with Gasteiger partial charge in [-0.25, -0.2) is 4.79 Å². The van der Waals surface area contributed by atoms with Crippen molar-refractivity contribution in [1.82, 2.24) is 9.80 Å². The van der Waals surface area contributed by atoms with Crippen molar-refractivity contribution in [3.05, 3.63) is 29.3 Å². The molecule has 1 heterocycles. The molecule has 0 spiro atoms. The monoisotopic (exact) mass is 354 g/mol. The zero-order chi connectivity index (χ0) is 17.2. The fraction of sp³-hybridized carbons (Fsp3) is 0.529. The third-order valence-corrected chi connectivity index (χ3v) is 4.39. The van der Waals surface area contributed by atoms with Crippen LogP contribution in [0.3, 0.4) is 0 Å². The van der Waals surface area contributed by atoms with Crippen molar-refractivity contribution in [2.75, 3.05) is 39.0 Å². The number of carbonyl (C=O) groups excluding carboxylic acids is 2. The quantitative estimate of drug-likeness (QED) is 0.874. The van der Waals surface area contributed by atoms with E-state index in [0.29, 0.717) is 30.9 Å². The molecule has 7 heteroatoms. The molecule has 2 rings (SSSR count). The van der Waals surface area contributed by atoms with Crippen LogP contribution in [0.1, 0.15) is 29.3 Å². The van der Waals surface area contributed by atoms with Gasteiger partial charge in [0.25, 0.3) is 5.91 Å². The molecule has 0 aromatic heterocycles. The number of nitrogens with two attached hydrogens (primary N) is 1. The Balaban J connectivity index is 0.00000288.